The Balaban J connectivity index is 2.40. The molecule has 2 aromatic carbocycles. The lowest BCUT2D eigenvalue weighted by atomic mass is 9.85. The highest BCUT2D eigenvalue weighted by atomic mass is 35.5. The van der Waals surface area contributed by atoms with Gasteiger partial charge in [-0.2, -0.15) is 0 Å². The quantitative estimate of drug-likeness (QED) is 0.846. The van der Waals surface area contributed by atoms with Crippen molar-refractivity contribution in [1.82, 2.24) is 0 Å². The van der Waals surface area contributed by atoms with Crippen molar-refractivity contribution in [1.29, 1.82) is 0 Å². The van der Waals surface area contributed by atoms with Gasteiger partial charge in [0.25, 0.3) is 0 Å². The largest absolute Gasteiger partial charge is 0.455 e. The van der Waals surface area contributed by atoms with Gasteiger partial charge in [0, 0.05) is 12.1 Å². The van der Waals surface area contributed by atoms with E-state index in [1.165, 1.54) is 11.1 Å². The molecule has 0 bridgehead atoms. The van der Waals surface area contributed by atoms with Crippen LogP contribution in [-0.4, -0.2) is 0 Å². The van der Waals surface area contributed by atoms with Crippen molar-refractivity contribution >= 4 is 11.6 Å². The third kappa shape index (κ3) is 3.78. The summed E-state index contributed by atoms with van der Waals surface area (Å²) in [7, 11) is 0. The molecule has 112 valence electrons. The first-order valence-corrected chi connectivity index (χ1v) is 7.46. The summed E-state index contributed by atoms with van der Waals surface area (Å²) >= 11 is 6.28. The Morgan fingerprint density at radius 3 is 2.29 bits per heavy atom. The van der Waals surface area contributed by atoms with Crippen LogP contribution < -0.4 is 10.5 Å². The normalized spacial score (nSPS) is 11.5. The molecule has 0 unspecified atom stereocenters. The van der Waals surface area contributed by atoms with E-state index in [4.69, 9.17) is 22.1 Å². The van der Waals surface area contributed by atoms with E-state index in [1.807, 2.05) is 30.3 Å². The number of benzene rings is 2. The molecule has 0 aromatic heterocycles. The lowest BCUT2D eigenvalue weighted by molar-refractivity contribution is 0.455. The van der Waals surface area contributed by atoms with Crippen molar-refractivity contribution in [3.8, 4) is 11.5 Å². The highest BCUT2D eigenvalue weighted by Crippen LogP contribution is 2.37. The van der Waals surface area contributed by atoms with E-state index in [1.54, 1.807) is 0 Å². The van der Waals surface area contributed by atoms with Crippen molar-refractivity contribution in [2.24, 2.45) is 5.73 Å². The molecule has 2 rings (SSSR count). The molecule has 0 aliphatic rings. The van der Waals surface area contributed by atoms with E-state index in [2.05, 4.69) is 33.8 Å². The lowest BCUT2D eigenvalue weighted by Gasteiger charge is -2.23. The molecule has 0 saturated heterocycles. The van der Waals surface area contributed by atoms with Gasteiger partial charge in [0.05, 0.1) is 5.02 Å². The standard InChI is InChI=1S/C18H22ClNO/c1-12-5-7-16(14(9-12)18(2,3)4)21-17-8-6-13(11-20)10-15(17)19/h5-10H,11,20H2,1-4H3. The summed E-state index contributed by atoms with van der Waals surface area (Å²) in [6.45, 7) is 9.08. The average Bonchev–Trinajstić information content (AvgIpc) is 2.41. The zero-order valence-corrected chi connectivity index (χ0v) is 13.8. The second-order valence-electron chi connectivity index (χ2n) is 6.32. The first-order chi connectivity index (χ1) is 9.81. The second kappa shape index (κ2) is 6.08. The van der Waals surface area contributed by atoms with Crippen LogP contribution in [0.4, 0.5) is 0 Å². The molecule has 0 radical (unpaired) electrons. The molecule has 2 N–H and O–H groups in total. The van der Waals surface area contributed by atoms with E-state index < -0.39 is 0 Å². The summed E-state index contributed by atoms with van der Waals surface area (Å²) in [5.41, 5.74) is 9.00. The molecule has 21 heavy (non-hydrogen) atoms. The number of halogens is 1. The summed E-state index contributed by atoms with van der Waals surface area (Å²) in [6, 6.07) is 11.9. The van der Waals surface area contributed by atoms with E-state index >= 15 is 0 Å². The first kappa shape index (κ1) is 15.9. The minimum Gasteiger partial charge on any atom is -0.455 e. The maximum Gasteiger partial charge on any atom is 0.146 e. The maximum absolute atomic E-state index is 6.28. The molecular weight excluding hydrogens is 282 g/mol. The Bertz CT molecular complexity index is 644. The third-order valence-electron chi connectivity index (χ3n) is 3.39. The number of hydrogen-bond acceptors (Lipinski definition) is 2. The molecule has 0 amide bonds. The fourth-order valence-corrected chi connectivity index (χ4v) is 2.43. The predicted molar refractivity (Wildman–Crippen MR) is 89.3 cm³/mol. The summed E-state index contributed by atoms with van der Waals surface area (Å²) in [4.78, 5) is 0. The van der Waals surface area contributed by atoms with Gasteiger partial charge < -0.3 is 10.5 Å². The number of hydrogen-bond donors (Lipinski definition) is 1. The van der Waals surface area contributed by atoms with Gasteiger partial charge in [-0.15, -0.1) is 0 Å². The van der Waals surface area contributed by atoms with Gasteiger partial charge >= 0.3 is 0 Å². The number of aryl methyl sites for hydroxylation is 1. The van der Waals surface area contributed by atoms with Crippen LogP contribution in [0.5, 0.6) is 11.5 Å². The predicted octanol–water partition coefficient (Wildman–Crippen LogP) is 5.20. The Kier molecular flexibility index (Phi) is 4.60. The van der Waals surface area contributed by atoms with Crippen molar-refractivity contribution in [2.45, 2.75) is 39.7 Å². The monoisotopic (exact) mass is 303 g/mol. The second-order valence-corrected chi connectivity index (χ2v) is 6.73. The van der Waals surface area contributed by atoms with E-state index in [0.29, 0.717) is 17.3 Å². The SMILES string of the molecule is Cc1ccc(Oc2ccc(CN)cc2Cl)c(C(C)(C)C)c1. The summed E-state index contributed by atoms with van der Waals surface area (Å²) in [5.74, 6) is 1.50. The minimum absolute atomic E-state index is 0.00499. The van der Waals surface area contributed by atoms with Crippen LogP contribution in [-0.2, 0) is 12.0 Å². The van der Waals surface area contributed by atoms with Crippen LogP contribution in [0, 0.1) is 6.92 Å². The Morgan fingerprint density at radius 1 is 1.05 bits per heavy atom. The van der Waals surface area contributed by atoms with E-state index in [9.17, 15) is 0 Å². The van der Waals surface area contributed by atoms with Crippen molar-refractivity contribution < 1.29 is 4.74 Å². The summed E-state index contributed by atoms with van der Waals surface area (Å²) < 4.78 is 6.05. The molecule has 0 fully saturated rings. The van der Waals surface area contributed by atoms with Crippen molar-refractivity contribution in [2.75, 3.05) is 0 Å². The zero-order chi connectivity index (χ0) is 15.6. The molecule has 3 heteroatoms. The molecule has 0 heterocycles. The van der Waals surface area contributed by atoms with E-state index in [0.717, 1.165) is 11.3 Å². The molecular formula is C18H22ClNO. The fraction of sp³-hybridized carbons (Fsp3) is 0.333. The van der Waals surface area contributed by atoms with Crippen molar-refractivity contribution in [3.05, 3.63) is 58.1 Å². The average molecular weight is 304 g/mol. The van der Waals surface area contributed by atoms with Gasteiger partial charge in [-0.1, -0.05) is 56.1 Å². The molecule has 0 saturated carbocycles. The zero-order valence-electron chi connectivity index (χ0n) is 13.0. The number of nitrogens with two attached hydrogens (primary N) is 1. The molecule has 0 atom stereocenters. The highest BCUT2D eigenvalue weighted by molar-refractivity contribution is 6.32. The van der Waals surface area contributed by atoms with Crippen LogP contribution in [0.2, 0.25) is 5.02 Å². The Labute approximate surface area is 131 Å². The number of rotatable bonds is 3. The lowest BCUT2D eigenvalue weighted by Crippen LogP contribution is -2.13. The summed E-state index contributed by atoms with van der Waals surface area (Å²) in [5, 5.41) is 0.582. The minimum atomic E-state index is 0.00499. The number of ether oxygens (including phenoxy) is 1. The van der Waals surface area contributed by atoms with Gasteiger partial charge in [-0.3, -0.25) is 0 Å². The highest BCUT2D eigenvalue weighted by Gasteiger charge is 2.20. The maximum atomic E-state index is 6.28. The topological polar surface area (TPSA) is 35.2 Å². The van der Waals surface area contributed by atoms with Crippen molar-refractivity contribution in [3.63, 3.8) is 0 Å². The van der Waals surface area contributed by atoms with Gasteiger partial charge in [0.1, 0.15) is 11.5 Å². The van der Waals surface area contributed by atoms with Gasteiger partial charge in [0.15, 0.2) is 0 Å². The van der Waals surface area contributed by atoms with Gasteiger partial charge in [-0.05, 0) is 36.1 Å². The third-order valence-corrected chi connectivity index (χ3v) is 3.69. The Hall–Kier alpha value is -1.51. The molecule has 2 nitrogen and oxygen atoms in total. The van der Waals surface area contributed by atoms with Crippen LogP contribution in [0.15, 0.2) is 36.4 Å². The molecule has 2 aromatic rings. The van der Waals surface area contributed by atoms with Crippen LogP contribution in [0.25, 0.3) is 0 Å². The fourth-order valence-electron chi connectivity index (χ4n) is 2.19. The molecule has 0 spiro atoms. The Morgan fingerprint density at radius 2 is 1.71 bits per heavy atom. The van der Waals surface area contributed by atoms with Crippen LogP contribution in [0.3, 0.4) is 0 Å². The van der Waals surface area contributed by atoms with Gasteiger partial charge in [0.2, 0.25) is 0 Å². The smallest absolute Gasteiger partial charge is 0.146 e. The van der Waals surface area contributed by atoms with E-state index in [-0.39, 0.29) is 5.41 Å². The first-order valence-electron chi connectivity index (χ1n) is 7.09. The molecule has 0 aliphatic heterocycles. The van der Waals surface area contributed by atoms with Gasteiger partial charge in [-0.25, -0.2) is 0 Å². The van der Waals surface area contributed by atoms with Crippen LogP contribution >= 0.6 is 11.6 Å². The molecule has 0 aliphatic carbocycles. The summed E-state index contributed by atoms with van der Waals surface area (Å²) in [6.07, 6.45) is 0. The van der Waals surface area contributed by atoms with Crippen LogP contribution in [0.1, 0.15) is 37.5 Å².